The minimum Gasteiger partial charge on any atom is -0.379 e. The number of carbonyl (C=O) groups excluding carboxylic acids is 1. The van der Waals surface area contributed by atoms with E-state index in [1.807, 2.05) is 35.1 Å². The lowest BCUT2D eigenvalue weighted by Crippen LogP contribution is -2.39. The lowest BCUT2D eigenvalue weighted by molar-refractivity contribution is 0.0327. The van der Waals surface area contributed by atoms with E-state index < -0.39 is 0 Å². The molecule has 1 aliphatic heterocycles. The zero-order valence-corrected chi connectivity index (χ0v) is 25.8. The van der Waals surface area contributed by atoms with Gasteiger partial charge in [0.15, 0.2) is 0 Å². The van der Waals surface area contributed by atoms with E-state index in [4.69, 9.17) is 4.74 Å². The number of hydrogen-bond acceptors (Lipinski definition) is 4. The first-order chi connectivity index (χ1) is 20.8. The molecule has 0 radical (unpaired) electrons. The average Bonchev–Trinajstić information content (AvgIpc) is 3.42. The van der Waals surface area contributed by atoms with Crippen LogP contribution in [0.2, 0.25) is 0 Å². The van der Waals surface area contributed by atoms with Crippen molar-refractivity contribution in [1.29, 1.82) is 0 Å². The van der Waals surface area contributed by atoms with E-state index in [0.717, 1.165) is 61.6 Å². The fourth-order valence-electron chi connectivity index (χ4n) is 6.34. The van der Waals surface area contributed by atoms with Gasteiger partial charge in [0.2, 0.25) is 0 Å². The second-order valence-corrected chi connectivity index (χ2v) is 12.9. The molecule has 0 saturated carbocycles. The number of hydrogen-bond donors (Lipinski definition) is 2. The molecule has 7 nitrogen and oxygen atoms in total. The molecule has 1 unspecified atom stereocenters. The van der Waals surface area contributed by atoms with Crippen LogP contribution in [-0.4, -0.2) is 53.6 Å². The van der Waals surface area contributed by atoms with Crippen LogP contribution < -0.4 is 10.6 Å². The Morgan fingerprint density at radius 1 is 0.977 bits per heavy atom. The molecule has 1 fully saturated rings. The van der Waals surface area contributed by atoms with Gasteiger partial charge in [-0.2, -0.15) is 5.10 Å². The highest BCUT2D eigenvalue weighted by Crippen LogP contribution is 2.37. The van der Waals surface area contributed by atoms with Crippen LogP contribution in [0.4, 0.5) is 16.3 Å². The number of nitrogens with one attached hydrogen (secondary N) is 2. The largest absolute Gasteiger partial charge is 0.379 e. The Bertz CT molecular complexity index is 1620. The number of nitrogens with zero attached hydrogens (tertiary/aromatic N) is 3. The number of amides is 2. The van der Waals surface area contributed by atoms with Crippen LogP contribution in [-0.2, 0) is 10.2 Å². The van der Waals surface area contributed by atoms with Gasteiger partial charge in [-0.15, -0.1) is 0 Å². The van der Waals surface area contributed by atoms with Crippen molar-refractivity contribution in [2.24, 2.45) is 5.92 Å². The molecule has 1 saturated heterocycles. The molecule has 0 bridgehead atoms. The maximum absolute atomic E-state index is 13.6. The van der Waals surface area contributed by atoms with Crippen molar-refractivity contribution in [3.63, 3.8) is 0 Å². The zero-order chi connectivity index (χ0) is 30.0. The number of fused-ring (bicyclic) bond motifs is 1. The van der Waals surface area contributed by atoms with Gasteiger partial charge in [0.05, 0.1) is 30.8 Å². The summed E-state index contributed by atoms with van der Waals surface area (Å²) >= 11 is 0. The van der Waals surface area contributed by atoms with Gasteiger partial charge in [0.25, 0.3) is 0 Å². The molecule has 2 N–H and O–H groups in total. The summed E-state index contributed by atoms with van der Waals surface area (Å²) in [6, 6.07) is 20.5. The molecule has 224 valence electrons. The summed E-state index contributed by atoms with van der Waals surface area (Å²) in [6.07, 6.45) is 7.86. The summed E-state index contributed by atoms with van der Waals surface area (Å²) in [5.41, 5.74) is 6.31. The highest BCUT2D eigenvalue weighted by atomic mass is 16.5. The maximum Gasteiger partial charge on any atom is 0.324 e. The third-order valence-corrected chi connectivity index (χ3v) is 8.66. The SMILES string of the molecule is Cc1ccc(-n2ncc(C(C)(C)C)c2NC(=O)Nc2ccc(C3=CC(CN4CCOCC4)CCC3)c3ccccc23)cc1. The fraction of sp³-hybridized carbons (Fsp3) is 0.389. The first-order valence-electron chi connectivity index (χ1n) is 15.5. The van der Waals surface area contributed by atoms with Crippen LogP contribution in [0.25, 0.3) is 22.0 Å². The number of benzene rings is 3. The number of aromatic nitrogens is 2. The van der Waals surface area contributed by atoms with Crippen LogP contribution in [0.3, 0.4) is 0 Å². The van der Waals surface area contributed by atoms with Crippen molar-refractivity contribution < 1.29 is 9.53 Å². The highest BCUT2D eigenvalue weighted by molar-refractivity contribution is 6.08. The van der Waals surface area contributed by atoms with Crippen molar-refractivity contribution in [3.8, 4) is 5.69 Å². The van der Waals surface area contributed by atoms with E-state index in [0.29, 0.717) is 11.7 Å². The van der Waals surface area contributed by atoms with E-state index in [1.165, 1.54) is 34.9 Å². The highest BCUT2D eigenvalue weighted by Gasteiger charge is 2.25. The molecule has 2 aliphatic rings. The Labute approximate surface area is 254 Å². The number of anilines is 2. The second-order valence-electron chi connectivity index (χ2n) is 12.9. The zero-order valence-electron chi connectivity index (χ0n) is 25.8. The van der Waals surface area contributed by atoms with E-state index in [9.17, 15) is 4.79 Å². The number of carbonyl (C=O) groups is 1. The predicted octanol–water partition coefficient (Wildman–Crippen LogP) is 7.79. The summed E-state index contributed by atoms with van der Waals surface area (Å²) in [5.74, 6) is 1.23. The number of aryl methyl sites for hydroxylation is 1. The van der Waals surface area contributed by atoms with Crippen LogP contribution in [0.15, 0.2) is 72.9 Å². The van der Waals surface area contributed by atoms with Gasteiger partial charge in [-0.1, -0.05) is 74.9 Å². The number of rotatable bonds is 6. The summed E-state index contributed by atoms with van der Waals surface area (Å²) in [7, 11) is 0. The topological polar surface area (TPSA) is 71.4 Å². The van der Waals surface area contributed by atoms with Crippen LogP contribution in [0.5, 0.6) is 0 Å². The van der Waals surface area contributed by atoms with Gasteiger partial charge in [0, 0.05) is 30.6 Å². The summed E-state index contributed by atoms with van der Waals surface area (Å²) in [5, 5.41) is 13.2. The van der Waals surface area contributed by atoms with Crippen LogP contribution >= 0.6 is 0 Å². The normalized spacial score (nSPS) is 18.0. The monoisotopic (exact) mass is 577 g/mol. The molecule has 2 heterocycles. The second kappa shape index (κ2) is 12.3. The Morgan fingerprint density at radius 3 is 2.47 bits per heavy atom. The smallest absolute Gasteiger partial charge is 0.324 e. The predicted molar refractivity (Wildman–Crippen MR) is 176 cm³/mol. The molecule has 0 spiro atoms. The summed E-state index contributed by atoms with van der Waals surface area (Å²) in [4.78, 5) is 16.1. The third-order valence-electron chi connectivity index (χ3n) is 8.66. The van der Waals surface area contributed by atoms with E-state index in [2.05, 4.69) is 90.8 Å². The van der Waals surface area contributed by atoms with Crippen molar-refractivity contribution in [3.05, 3.63) is 89.6 Å². The molecular formula is C36H43N5O2. The van der Waals surface area contributed by atoms with Crippen molar-refractivity contribution in [2.45, 2.75) is 52.4 Å². The molecular weight excluding hydrogens is 534 g/mol. The fourth-order valence-corrected chi connectivity index (χ4v) is 6.34. The van der Waals surface area contributed by atoms with Gasteiger partial charge < -0.3 is 10.1 Å². The minimum absolute atomic E-state index is 0.201. The van der Waals surface area contributed by atoms with Crippen molar-refractivity contribution in [2.75, 3.05) is 43.5 Å². The van der Waals surface area contributed by atoms with Gasteiger partial charge in [-0.05, 0) is 72.2 Å². The van der Waals surface area contributed by atoms with Crippen molar-refractivity contribution in [1.82, 2.24) is 14.7 Å². The molecule has 2 amide bonds. The number of urea groups is 1. The number of allylic oxidation sites excluding steroid dienone is 1. The summed E-state index contributed by atoms with van der Waals surface area (Å²) < 4.78 is 7.36. The molecule has 1 aliphatic carbocycles. The Kier molecular flexibility index (Phi) is 8.37. The van der Waals surface area contributed by atoms with Gasteiger partial charge >= 0.3 is 6.03 Å². The lowest BCUT2D eigenvalue weighted by atomic mass is 9.85. The van der Waals surface area contributed by atoms with Gasteiger partial charge in [-0.25, -0.2) is 9.48 Å². The first-order valence-corrected chi connectivity index (χ1v) is 15.5. The van der Waals surface area contributed by atoms with Crippen LogP contribution in [0, 0.1) is 12.8 Å². The van der Waals surface area contributed by atoms with E-state index >= 15 is 0 Å². The molecule has 43 heavy (non-hydrogen) atoms. The minimum atomic E-state index is -0.292. The Morgan fingerprint density at radius 2 is 1.72 bits per heavy atom. The standard InChI is InChI=1S/C36H43N5O2/c1-25-12-14-28(15-13-25)41-34(32(23-37-41)36(2,3)4)39-35(42)38-33-17-16-29(30-10-5-6-11-31(30)33)27-9-7-8-26(22-27)24-40-18-20-43-21-19-40/h5-6,10-17,22-23,26H,7-9,18-21,24H2,1-4H3,(H2,38,39,42). The molecule has 1 aromatic heterocycles. The molecule has 4 aromatic rings. The van der Waals surface area contributed by atoms with Crippen LogP contribution in [0.1, 0.15) is 56.7 Å². The molecule has 3 aromatic carbocycles. The maximum atomic E-state index is 13.6. The number of ether oxygens (including phenoxy) is 1. The Balaban J connectivity index is 1.26. The van der Waals surface area contributed by atoms with Crippen molar-refractivity contribution >= 4 is 33.9 Å². The molecule has 1 atom stereocenters. The average molecular weight is 578 g/mol. The lowest BCUT2D eigenvalue weighted by Gasteiger charge is -2.31. The first kappa shape index (κ1) is 29.1. The third kappa shape index (κ3) is 6.53. The quantitative estimate of drug-likeness (QED) is 0.245. The summed E-state index contributed by atoms with van der Waals surface area (Å²) in [6.45, 7) is 13.3. The number of morpholine rings is 1. The van der Waals surface area contributed by atoms with Gasteiger partial charge in [-0.3, -0.25) is 10.2 Å². The molecule has 6 rings (SSSR count). The van der Waals surface area contributed by atoms with E-state index in [1.54, 1.807) is 0 Å². The molecule has 7 heteroatoms. The Hall–Kier alpha value is -3.94. The van der Waals surface area contributed by atoms with Gasteiger partial charge in [0.1, 0.15) is 5.82 Å². The van der Waals surface area contributed by atoms with E-state index in [-0.39, 0.29) is 11.4 Å².